The summed E-state index contributed by atoms with van der Waals surface area (Å²) in [7, 11) is 0. The third-order valence-corrected chi connectivity index (χ3v) is 4.50. The van der Waals surface area contributed by atoms with Crippen LogP contribution in [0.15, 0.2) is 0 Å². The Morgan fingerprint density at radius 3 is 2.50 bits per heavy atom. The van der Waals surface area contributed by atoms with Crippen molar-refractivity contribution in [3.8, 4) is 0 Å². The Labute approximate surface area is 155 Å². The van der Waals surface area contributed by atoms with Crippen LogP contribution in [0.2, 0.25) is 0 Å². The Kier molecular flexibility index (Phi) is 9.99. The Morgan fingerprint density at radius 2 is 1.96 bits per heavy atom. The fourth-order valence-electron chi connectivity index (χ4n) is 2.40. The number of thioether (sulfide) groups is 1. The van der Waals surface area contributed by atoms with Gasteiger partial charge in [-0.1, -0.05) is 0 Å². The Hall–Kier alpha value is -1.85. The molecule has 148 valence electrons. The van der Waals surface area contributed by atoms with Gasteiger partial charge < -0.3 is 31.5 Å². The summed E-state index contributed by atoms with van der Waals surface area (Å²) in [5.74, 6) is -2.35. The number of aliphatic hydroxyl groups is 1. The molecule has 1 aliphatic heterocycles. The lowest BCUT2D eigenvalue weighted by atomic mass is 10.2. The molecule has 0 aromatic rings. The van der Waals surface area contributed by atoms with Crippen LogP contribution in [0.5, 0.6) is 0 Å². The zero-order valence-corrected chi connectivity index (χ0v) is 15.4. The summed E-state index contributed by atoms with van der Waals surface area (Å²) in [6.45, 7) is -0.344. The second-order valence-corrected chi connectivity index (χ2v) is 6.84. The van der Waals surface area contributed by atoms with E-state index >= 15 is 0 Å². The molecule has 10 nitrogen and oxygen atoms in total. The van der Waals surface area contributed by atoms with E-state index in [4.69, 9.17) is 5.11 Å². The number of nitrogens with one attached hydrogen (secondary N) is 4. The number of aliphatic carboxylic acids is 1. The molecule has 0 aliphatic carbocycles. The van der Waals surface area contributed by atoms with Crippen LogP contribution in [-0.4, -0.2) is 83.7 Å². The van der Waals surface area contributed by atoms with Crippen molar-refractivity contribution >= 4 is 35.5 Å². The predicted molar refractivity (Wildman–Crippen MR) is 95.6 cm³/mol. The standard InChI is InChI=1S/C15H26N4O6S/c1-26-6-4-10(15(24)25)18-12(21)7-17-13(22)11(8-20)19-14(23)9-3-2-5-16-9/h9-11,16,20H,2-8H2,1H3,(H,17,22)(H,18,21)(H,19,23)(H,24,25). The summed E-state index contributed by atoms with van der Waals surface area (Å²) in [4.78, 5) is 46.9. The number of rotatable bonds is 11. The van der Waals surface area contributed by atoms with Crippen molar-refractivity contribution in [1.29, 1.82) is 0 Å². The van der Waals surface area contributed by atoms with Crippen LogP contribution in [0.25, 0.3) is 0 Å². The highest BCUT2D eigenvalue weighted by molar-refractivity contribution is 7.98. The number of hydrogen-bond acceptors (Lipinski definition) is 7. The molecule has 3 atom stereocenters. The van der Waals surface area contributed by atoms with Crippen molar-refractivity contribution in [2.75, 3.05) is 31.7 Å². The van der Waals surface area contributed by atoms with Crippen LogP contribution in [-0.2, 0) is 19.2 Å². The number of hydrogen-bond donors (Lipinski definition) is 6. The van der Waals surface area contributed by atoms with Gasteiger partial charge in [0.05, 0.1) is 19.2 Å². The Morgan fingerprint density at radius 1 is 1.23 bits per heavy atom. The fraction of sp³-hybridized carbons (Fsp3) is 0.733. The molecule has 6 N–H and O–H groups in total. The number of carboxylic acid groups (broad SMARTS) is 1. The van der Waals surface area contributed by atoms with Gasteiger partial charge in [0.1, 0.15) is 12.1 Å². The normalized spacial score (nSPS) is 18.6. The van der Waals surface area contributed by atoms with E-state index in [1.807, 2.05) is 6.26 Å². The summed E-state index contributed by atoms with van der Waals surface area (Å²) >= 11 is 1.46. The molecule has 0 radical (unpaired) electrons. The molecule has 1 aliphatic rings. The van der Waals surface area contributed by atoms with Crippen molar-refractivity contribution in [3.63, 3.8) is 0 Å². The van der Waals surface area contributed by atoms with Crippen molar-refractivity contribution in [1.82, 2.24) is 21.3 Å². The summed E-state index contributed by atoms with van der Waals surface area (Å²) in [6, 6.07) is -2.61. The number of amides is 3. The minimum atomic E-state index is -1.18. The molecule has 0 aromatic carbocycles. The van der Waals surface area contributed by atoms with E-state index in [-0.39, 0.29) is 12.3 Å². The molecular weight excluding hydrogens is 364 g/mol. The molecule has 3 unspecified atom stereocenters. The second-order valence-electron chi connectivity index (χ2n) is 5.85. The minimum absolute atomic E-state index is 0.264. The van der Waals surface area contributed by atoms with Crippen LogP contribution < -0.4 is 21.3 Å². The summed E-state index contributed by atoms with van der Waals surface area (Å²) in [5, 5.41) is 28.4. The van der Waals surface area contributed by atoms with Gasteiger partial charge >= 0.3 is 5.97 Å². The maximum Gasteiger partial charge on any atom is 0.326 e. The van der Waals surface area contributed by atoms with Crippen molar-refractivity contribution < 1.29 is 29.4 Å². The maximum atomic E-state index is 12.0. The van der Waals surface area contributed by atoms with Gasteiger partial charge in [0.25, 0.3) is 0 Å². The molecule has 1 fully saturated rings. The monoisotopic (exact) mass is 390 g/mol. The lowest BCUT2D eigenvalue weighted by Gasteiger charge is -2.19. The first kappa shape index (κ1) is 22.2. The van der Waals surface area contributed by atoms with Crippen molar-refractivity contribution in [3.05, 3.63) is 0 Å². The number of carbonyl (C=O) groups excluding carboxylic acids is 3. The van der Waals surface area contributed by atoms with E-state index in [0.717, 1.165) is 13.0 Å². The SMILES string of the molecule is CSCCC(NC(=O)CNC(=O)C(CO)NC(=O)C1CCCN1)C(=O)O. The summed E-state index contributed by atoms with van der Waals surface area (Å²) in [6.07, 6.45) is 3.60. The highest BCUT2D eigenvalue weighted by Crippen LogP contribution is 2.05. The molecule has 3 amide bonds. The zero-order valence-electron chi connectivity index (χ0n) is 14.6. The average Bonchev–Trinajstić information content (AvgIpc) is 3.15. The maximum absolute atomic E-state index is 12.0. The number of aliphatic hydroxyl groups excluding tert-OH is 1. The van der Waals surface area contributed by atoms with Crippen LogP contribution in [0.3, 0.4) is 0 Å². The zero-order chi connectivity index (χ0) is 19.5. The van der Waals surface area contributed by atoms with Gasteiger partial charge in [0.15, 0.2) is 0 Å². The van der Waals surface area contributed by atoms with E-state index in [9.17, 15) is 24.3 Å². The van der Waals surface area contributed by atoms with E-state index in [0.29, 0.717) is 12.2 Å². The van der Waals surface area contributed by atoms with Crippen molar-refractivity contribution in [2.45, 2.75) is 37.4 Å². The molecule has 1 heterocycles. The third-order valence-electron chi connectivity index (χ3n) is 3.86. The van der Waals surface area contributed by atoms with Crippen LogP contribution in [0.1, 0.15) is 19.3 Å². The Bertz CT molecular complexity index is 512. The molecule has 11 heteroatoms. The van der Waals surface area contributed by atoms with Gasteiger partial charge in [-0.05, 0) is 37.8 Å². The van der Waals surface area contributed by atoms with Crippen molar-refractivity contribution in [2.24, 2.45) is 0 Å². The molecule has 0 saturated carbocycles. The first-order valence-electron chi connectivity index (χ1n) is 8.32. The Balaban J connectivity index is 2.42. The van der Waals surface area contributed by atoms with Crippen LogP contribution >= 0.6 is 11.8 Å². The molecule has 0 bridgehead atoms. The molecule has 0 spiro atoms. The van der Waals surface area contributed by atoms with E-state index in [2.05, 4.69) is 21.3 Å². The second kappa shape index (κ2) is 11.7. The average molecular weight is 390 g/mol. The summed E-state index contributed by atoms with van der Waals surface area (Å²) < 4.78 is 0. The predicted octanol–water partition coefficient (Wildman–Crippen LogP) is -2.35. The van der Waals surface area contributed by atoms with E-state index in [1.54, 1.807) is 0 Å². The van der Waals surface area contributed by atoms with Gasteiger partial charge in [-0.2, -0.15) is 11.8 Å². The highest BCUT2D eigenvalue weighted by atomic mass is 32.2. The number of carbonyl (C=O) groups is 4. The molecule has 1 saturated heterocycles. The van der Waals surface area contributed by atoms with E-state index < -0.39 is 49.1 Å². The van der Waals surface area contributed by atoms with Gasteiger partial charge in [0, 0.05) is 0 Å². The molecular formula is C15H26N4O6S. The van der Waals surface area contributed by atoms with E-state index in [1.165, 1.54) is 11.8 Å². The molecule has 1 rings (SSSR count). The first-order valence-corrected chi connectivity index (χ1v) is 9.71. The quantitative estimate of drug-likeness (QED) is 0.229. The number of carboxylic acids is 1. The van der Waals surface area contributed by atoms with Gasteiger partial charge in [-0.25, -0.2) is 4.79 Å². The lowest BCUT2D eigenvalue weighted by molar-refractivity contribution is -0.141. The smallest absolute Gasteiger partial charge is 0.326 e. The molecule has 26 heavy (non-hydrogen) atoms. The van der Waals surface area contributed by atoms with Gasteiger partial charge in [-0.15, -0.1) is 0 Å². The van der Waals surface area contributed by atoms with Crippen LogP contribution in [0, 0.1) is 0 Å². The topological polar surface area (TPSA) is 157 Å². The third kappa shape index (κ3) is 7.58. The lowest BCUT2D eigenvalue weighted by Crippen LogP contribution is -2.54. The fourth-order valence-corrected chi connectivity index (χ4v) is 2.88. The minimum Gasteiger partial charge on any atom is -0.480 e. The van der Waals surface area contributed by atoms with Gasteiger partial charge in [0.2, 0.25) is 17.7 Å². The van der Waals surface area contributed by atoms with Crippen LogP contribution in [0.4, 0.5) is 0 Å². The van der Waals surface area contributed by atoms with Gasteiger partial charge in [-0.3, -0.25) is 14.4 Å². The molecule has 0 aromatic heterocycles. The summed E-state index contributed by atoms with van der Waals surface area (Å²) in [5.41, 5.74) is 0. The largest absolute Gasteiger partial charge is 0.480 e. The first-order chi connectivity index (χ1) is 12.4. The highest BCUT2D eigenvalue weighted by Gasteiger charge is 2.27.